The molecule has 3 N–H and O–H groups in total. The van der Waals surface area contributed by atoms with Crippen LogP contribution in [0.5, 0.6) is 0 Å². The summed E-state index contributed by atoms with van der Waals surface area (Å²) in [5.74, 6) is -0.0179. The third-order valence-corrected chi connectivity index (χ3v) is 5.84. The first-order valence-electron chi connectivity index (χ1n) is 10.3. The molecule has 2 aromatic rings. The van der Waals surface area contributed by atoms with Gasteiger partial charge in [-0.15, -0.1) is 0 Å². The summed E-state index contributed by atoms with van der Waals surface area (Å²) in [6.45, 7) is 1.92. The van der Waals surface area contributed by atoms with Crippen LogP contribution in [0.15, 0.2) is 24.4 Å². The molecule has 0 radical (unpaired) electrons. The minimum Gasteiger partial charge on any atom is -0.394 e. The molecule has 0 aliphatic carbocycles. The first-order valence-corrected chi connectivity index (χ1v) is 10.7. The van der Waals surface area contributed by atoms with Crippen molar-refractivity contribution >= 4 is 23.6 Å². The maximum Gasteiger partial charge on any atom is 0.318 e. The molecule has 166 valence electrons. The number of carbonyl (C=O) groups excluding carboxylic acids is 1. The highest BCUT2D eigenvalue weighted by Crippen LogP contribution is 2.23. The SMILES string of the molecule is O=C(N[C@H](CO)c1ccc(F)c(Cl)c1)N1CCc2cnc(NC3CCCOC3)nc2C1. The number of amides is 2. The summed E-state index contributed by atoms with van der Waals surface area (Å²) in [6.07, 6.45) is 4.45. The van der Waals surface area contributed by atoms with E-state index in [1.54, 1.807) is 11.1 Å². The van der Waals surface area contributed by atoms with Gasteiger partial charge in [0.15, 0.2) is 0 Å². The van der Waals surface area contributed by atoms with Crippen molar-refractivity contribution < 1.29 is 19.0 Å². The summed E-state index contributed by atoms with van der Waals surface area (Å²) in [4.78, 5) is 23.5. The Labute approximate surface area is 184 Å². The molecule has 1 aromatic carbocycles. The molecule has 0 bridgehead atoms. The van der Waals surface area contributed by atoms with Crippen LogP contribution in [-0.2, 0) is 17.7 Å². The molecule has 1 fully saturated rings. The van der Waals surface area contributed by atoms with E-state index in [0.717, 1.165) is 30.7 Å². The van der Waals surface area contributed by atoms with Gasteiger partial charge in [0.05, 0.1) is 42.6 Å². The molecule has 2 atom stereocenters. The van der Waals surface area contributed by atoms with Crippen LogP contribution in [0.1, 0.15) is 35.7 Å². The van der Waals surface area contributed by atoms with Gasteiger partial charge in [-0.2, -0.15) is 0 Å². The van der Waals surface area contributed by atoms with E-state index in [4.69, 9.17) is 16.3 Å². The summed E-state index contributed by atoms with van der Waals surface area (Å²) < 4.78 is 18.9. The number of rotatable bonds is 5. The summed E-state index contributed by atoms with van der Waals surface area (Å²) in [5, 5.41) is 15.8. The Bertz CT molecular complexity index is 941. The fourth-order valence-corrected chi connectivity index (χ4v) is 3.98. The van der Waals surface area contributed by atoms with Gasteiger partial charge in [0.2, 0.25) is 5.95 Å². The van der Waals surface area contributed by atoms with Gasteiger partial charge in [-0.1, -0.05) is 17.7 Å². The second kappa shape index (κ2) is 9.76. The third-order valence-electron chi connectivity index (χ3n) is 5.55. The van der Waals surface area contributed by atoms with Gasteiger partial charge in [-0.25, -0.2) is 19.2 Å². The predicted molar refractivity (Wildman–Crippen MR) is 113 cm³/mol. The van der Waals surface area contributed by atoms with E-state index in [2.05, 4.69) is 20.6 Å². The largest absolute Gasteiger partial charge is 0.394 e. The molecule has 1 aromatic heterocycles. The Balaban J connectivity index is 1.41. The normalized spacial score (nSPS) is 19.5. The molecule has 1 unspecified atom stereocenters. The number of anilines is 1. The van der Waals surface area contributed by atoms with E-state index < -0.39 is 11.9 Å². The predicted octanol–water partition coefficient (Wildman–Crippen LogP) is 2.66. The monoisotopic (exact) mass is 449 g/mol. The molecule has 10 heteroatoms. The van der Waals surface area contributed by atoms with E-state index in [1.165, 1.54) is 18.2 Å². The molecule has 8 nitrogen and oxygen atoms in total. The summed E-state index contributed by atoms with van der Waals surface area (Å²) in [7, 11) is 0. The van der Waals surface area contributed by atoms with Gasteiger partial charge in [0.1, 0.15) is 5.82 Å². The smallest absolute Gasteiger partial charge is 0.318 e. The lowest BCUT2D eigenvalue weighted by atomic mass is 10.1. The van der Waals surface area contributed by atoms with Crippen LogP contribution in [-0.4, -0.2) is 58.4 Å². The maximum atomic E-state index is 13.4. The number of halogens is 2. The van der Waals surface area contributed by atoms with Crippen molar-refractivity contribution in [2.24, 2.45) is 0 Å². The van der Waals surface area contributed by atoms with Crippen LogP contribution in [0.3, 0.4) is 0 Å². The zero-order valence-electron chi connectivity index (χ0n) is 17.0. The number of hydrogen-bond acceptors (Lipinski definition) is 6. The average molecular weight is 450 g/mol. The van der Waals surface area contributed by atoms with E-state index >= 15 is 0 Å². The molecule has 0 saturated carbocycles. The highest BCUT2D eigenvalue weighted by Gasteiger charge is 2.25. The van der Waals surface area contributed by atoms with Crippen molar-refractivity contribution in [2.45, 2.75) is 37.9 Å². The lowest BCUT2D eigenvalue weighted by Crippen LogP contribution is -2.45. The number of aliphatic hydroxyl groups excluding tert-OH is 1. The zero-order chi connectivity index (χ0) is 21.8. The van der Waals surface area contributed by atoms with E-state index in [0.29, 0.717) is 37.6 Å². The lowest BCUT2D eigenvalue weighted by molar-refractivity contribution is 0.0874. The Morgan fingerprint density at radius 1 is 1.45 bits per heavy atom. The van der Waals surface area contributed by atoms with Gasteiger partial charge in [0.25, 0.3) is 0 Å². The zero-order valence-corrected chi connectivity index (χ0v) is 17.7. The Morgan fingerprint density at radius 3 is 3.06 bits per heavy atom. The molecule has 31 heavy (non-hydrogen) atoms. The molecule has 1 saturated heterocycles. The highest BCUT2D eigenvalue weighted by molar-refractivity contribution is 6.30. The number of fused-ring (bicyclic) bond motifs is 1. The molecule has 2 aliphatic rings. The van der Waals surface area contributed by atoms with Crippen molar-refractivity contribution in [1.29, 1.82) is 0 Å². The maximum absolute atomic E-state index is 13.4. The number of carbonyl (C=O) groups is 1. The first kappa shape index (κ1) is 21.7. The number of aliphatic hydroxyl groups is 1. The van der Waals surface area contributed by atoms with Gasteiger partial charge in [0, 0.05) is 19.3 Å². The van der Waals surface area contributed by atoms with E-state index in [1.807, 2.05) is 0 Å². The number of nitrogens with zero attached hydrogens (tertiary/aromatic N) is 3. The van der Waals surface area contributed by atoms with Crippen LogP contribution < -0.4 is 10.6 Å². The lowest BCUT2D eigenvalue weighted by Gasteiger charge is -2.30. The molecule has 2 aliphatic heterocycles. The second-order valence-electron chi connectivity index (χ2n) is 7.75. The Kier molecular flexibility index (Phi) is 6.84. The molecular formula is C21H25ClFN5O3. The Morgan fingerprint density at radius 2 is 2.32 bits per heavy atom. The van der Waals surface area contributed by atoms with Gasteiger partial charge >= 0.3 is 6.03 Å². The fourth-order valence-electron chi connectivity index (χ4n) is 3.79. The topological polar surface area (TPSA) is 99.6 Å². The van der Waals surface area contributed by atoms with Crippen molar-refractivity contribution in [3.63, 3.8) is 0 Å². The molecule has 2 amide bonds. The fraction of sp³-hybridized carbons (Fsp3) is 0.476. The minimum atomic E-state index is -0.694. The number of benzene rings is 1. The number of urea groups is 1. The number of nitrogens with one attached hydrogen (secondary N) is 2. The van der Waals surface area contributed by atoms with Crippen LogP contribution in [0.2, 0.25) is 5.02 Å². The van der Waals surface area contributed by atoms with Crippen LogP contribution in [0, 0.1) is 5.82 Å². The summed E-state index contributed by atoms with van der Waals surface area (Å²) >= 11 is 5.83. The average Bonchev–Trinajstić information content (AvgIpc) is 2.79. The molecule has 0 spiro atoms. The second-order valence-corrected chi connectivity index (χ2v) is 8.16. The van der Waals surface area contributed by atoms with E-state index in [-0.39, 0.29) is 23.7 Å². The van der Waals surface area contributed by atoms with Crippen molar-refractivity contribution in [1.82, 2.24) is 20.2 Å². The van der Waals surface area contributed by atoms with Gasteiger partial charge in [-0.05, 0) is 42.5 Å². The van der Waals surface area contributed by atoms with Crippen molar-refractivity contribution in [3.8, 4) is 0 Å². The van der Waals surface area contributed by atoms with Gasteiger partial charge < -0.3 is 25.4 Å². The standard InChI is InChI=1S/C21H25ClFN5O3/c22-16-8-13(3-4-17(16)23)19(11-29)27-21(30)28-6-5-14-9-24-20(26-18(14)10-28)25-15-2-1-7-31-12-15/h3-4,8-9,15,19,29H,1-2,5-7,10-12H2,(H,27,30)(H,24,25,26)/t15?,19-/m1/s1. The van der Waals surface area contributed by atoms with E-state index in [9.17, 15) is 14.3 Å². The summed E-state index contributed by atoms with van der Waals surface area (Å²) in [5.41, 5.74) is 2.34. The van der Waals surface area contributed by atoms with Gasteiger partial charge in [-0.3, -0.25) is 0 Å². The third kappa shape index (κ3) is 5.23. The number of hydrogen-bond donors (Lipinski definition) is 3. The molecular weight excluding hydrogens is 425 g/mol. The Hall–Kier alpha value is -2.49. The van der Waals surface area contributed by atoms with Crippen molar-refractivity contribution in [3.05, 3.63) is 52.1 Å². The highest BCUT2D eigenvalue weighted by atomic mass is 35.5. The number of aromatic nitrogens is 2. The summed E-state index contributed by atoms with van der Waals surface area (Å²) in [6, 6.07) is 3.27. The van der Waals surface area contributed by atoms with Crippen LogP contribution in [0.4, 0.5) is 15.1 Å². The van der Waals surface area contributed by atoms with Crippen LogP contribution in [0.25, 0.3) is 0 Å². The number of ether oxygens (including phenoxy) is 1. The van der Waals surface area contributed by atoms with Crippen molar-refractivity contribution in [2.75, 3.05) is 31.7 Å². The quantitative estimate of drug-likeness (QED) is 0.649. The van der Waals surface area contributed by atoms with Crippen LogP contribution >= 0.6 is 11.6 Å². The molecule has 4 rings (SSSR count). The molecule has 3 heterocycles. The minimum absolute atomic E-state index is 0.0582. The first-order chi connectivity index (χ1) is 15.0.